The molecule has 0 spiro atoms. The van der Waals surface area contributed by atoms with E-state index in [0.717, 1.165) is 0 Å². The molecule has 10 heavy (non-hydrogen) atoms. The van der Waals surface area contributed by atoms with Gasteiger partial charge < -0.3 is 0 Å². The zero-order valence-electron chi connectivity index (χ0n) is 5.24. The Bertz CT molecular complexity index is 164. The van der Waals surface area contributed by atoms with Crippen LogP contribution in [0.15, 0.2) is 0 Å². The van der Waals surface area contributed by atoms with Crippen LogP contribution < -0.4 is 0 Å². The molecule has 0 aromatic carbocycles. The van der Waals surface area contributed by atoms with Crippen molar-refractivity contribution in [3.63, 3.8) is 0 Å². The van der Waals surface area contributed by atoms with Crippen molar-refractivity contribution in [3.05, 3.63) is 0 Å². The number of halogens is 1. The quantitative estimate of drug-likeness (QED) is 0.345. The molecule has 0 radical (unpaired) electrons. The maximum absolute atomic E-state index is 10.9. The number of hydrogen-bond acceptors (Lipinski definition) is 5. The van der Waals surface area contributed by atoms with E-state index in [1.807, 2.05) is 0 Å². The van der Waals surface area contributed by atoms with Gasteiger partial charge in [-0.05, 0) is 15.3 Å². The summed E-state index contributed by atoms with van der Waals surface area (Å²) < 4.78 is 36.7. The van der Waals surface area contributed by atoms with Crippen LogP contribution in [0.25, 0.3) is 0 Å². The normalized spacial score (nSPS) is 11.8. The largest absolute Gasteiger partial charge is 0.457 e. The molecule has 0 heterocycles. The Morgan fingerprint density at radius 3 is 2.50 bits per heavy atom. The lowest BCUT2D eigenvalue weighted by atomic mass is 10.5. The topological polar surface area (TPSA) is 61.8 Å². The van der Waals surface area contributed by atoms with E-state index in [4.69, 9.17) is 0 Å². The first-order chi connectivity index (χ1) is 4.62. The van der Waals surface area contributed by atoms with Crippen molar-refractivity contribution in [1.82, 2.24) is 0 Å². The average molecular weight is 174 g/mol. The molecule has 0 aliphatic rings. The minimum atomic E-state index is -4.58. The van der Waals surface area contributed by atoms with Gasteiger partial charge in [-0.3, -0.25) is 0 Å². The zero-order valence-corrected chi connectivity index (χ0v) is 6.06. The van der Waals surface area contributed by atoms with Crippen LogP contribution in [-0.2, 0) is 24.0 Å². The van der Waals surface area contributed by atoms with Crippen molar-refractivity contribution in [2.24, 2.45) is 0 Å². The summed E-state index contributed by atoms with van der Waals surface area (Å²) in [5, 5.41) is 0. The Morgan fingerprint density at radius 2 is 2.10 bits per heavy atom. The monoisotopic (exact) mass is 174 g/mol. The van der Waals surface area contributed by atoms with Gasteiger partial charge in [0.2, 0.25) is 0 Å². The van der Waals surface area contributed by atoms with Crippen LogP contribution in [-0.4, -0.2) is 15.0 Å². The van der Waals surface area contributed by atoms with Gasteiger partial charge in [-0.15, -0.1) is 0 Å². The fourth-order valence-corrected chi connectivity index (χ4v) is 0.394. The lowest BCUT2D eigenvalue weighted by molar-refractivity contribution is -0.220. The molecule has 0 rings (SSSR count). The molecule has 0 atom stereocenters. The van der Waals surface area contributed by atoms with E-state index in [2.05, 4.69) is 13.6 Å². The molecule has 0 bridgehead atoms. The Hall–Kier alpha value is -0.240. The van der Waals surface area contributed by atoms with Crippen LogP contribution in [0, 0.1) is 0 Å². The van der Waals surface area contributed by atoms with Crippen LogP contribution in [0.3, 0.4) is 0 Å². The Kier molecular flexibility index (Phi) is 4.45. The summed E-state index contributed by atoms with van der Waals surface area (Å²) in [5.41, 5.74) is 0. The second-order valence-electron chi connectivity index (χ2n) is 1.36. The minimum Gasteiger partial charge on any atom is -0.218 e. The van der Waals surface area contributed by atoms with Crippen LogP contribution in [0.1, 0.15) is 13.3 Å². The zero-order chi connectivity index (χ0) is 8.04. The predicted molar refractivity (Wildman–Crippen MR) is 28.4 cm³/mol. The lowest BCUT2D eigenvalue weighted by Gasteiger charge is -1.96. The highest BCUT2D eigenvalue weighted by Gasteiger charge is 2.12. The highest BCUT2D eigenvalue weighted by Crippen LogP contribution is 1.96. The average Bonchev–Trinajstić information content (AvgIpc) is 1.89. The molecule has 62 valence electrons. The molecule has 0 unspecified atom stereocenters. The molecule has 0 N–H and O–H groups in total. The predicted octanol–water partition coefficient (Wildman–Crippen LogP) is 0.491. The van der Waals surface area contributed by atoms with Crippen molar-refractivity contribution < 1.29 is 26.6 Å². The van der Waals surface area contributed by atoms with Crippen molar-refractivity contribution >= 4 is 10.4 Å². The molecule has 0 aromatic heterocycles. The van der Waals surface area contributed by atoms with E-state index in [9.17, 15) is 12.9 Å². The summed E-state index contributed by atoms with van der Waals surface area (Å²) in [7, 11) is -4.58. The highest BCUT2D eigenvalue weighted by molar-refractivity contribution is 7.81. The molecule has 0 aliphatic carbocycles. The second kappa shape index (κ2) is 4.56. The first-order valence-corrected chi connectivity index (χ1v) is 3.82. The first-order valence-electron chi connectivity index (χ1n) is 2.48. The van der Waals surface area contributed by atoms with Crippen molar-refractivity contribution in [2.75, 3.05) is 6.61 Å². The van der Waals surface area contributed by atoms with E-state index in [1.54, 1.807) is 6.92 Å². The van der Waals surface area contributed by atoms with Gasteiger partial charge in [0.15, 0.2) is 0 Å². The Labute approximate surface area is 57.8 Å². The first kappa shape index (κ1) is 9.76. The maximum Gasteiger partial charge on any atom is 0.457 e. The fourth-order valence-electron chi connectivity index (χ4n) is 0.187. The van der Waals surface area contributed by atoms with Crippen molar-refractivity contribution in [1.29, 1.82) is 0 Å². The molecule has 7 heteroatoms. The van der Waals surface area contributed by atoms with Crippen LogP contribution >= 0.6 is 0 Å². The van der Waals surface area contributed by atoms with Crippen LogP contribution in [0.5, 0.6) is 0 Å². The van der Waals surface area contributed by atoms with Crippen LogP contribution in [0.4, 0.5) is 4.53 Å². The standard InChI is InChI=1S/C3H7FO5S/c1-2-3-7-9-10(5,6)8-4/h2-3H2,1H3. The SMILES string of the molecule is CCCOOS(=O)(=O)OF. The third-order valence-electron chi connectivity index (χ3n) is 0.496. The van der Waals surface area contributed by atoms with Gasteiger partial charge >= 0.3 is 10.4 Å². The fraction of sp³-hybridized carbons (Fsp3) is 1.00. The third kappa shape index (κ3) is 4.62. The molecule has 5 nitrogen and oxygen atoms in total. The van der Waals surface area contributed by atoms with Crippen molar-refractivity contribution in [3.8, 4) is 0 Å². The Balaban J connectivity index is 3.49. The Morgan fingerprint density at radius 1 is 1.50 bits per heavy atom. The third-order valence-corrected chi connectivity index (χ3v) is 0.913. The molecule has 0 saturated carbocycles. The van der Waals surface area contributed by atoms with Gasteiger partial charge in [0.05, 0.1) is 6.61 Å². The van der Waals surface area contributed by atoms with E-state index >= 15 is 0 Å². The minimum absolute atomic E-state index is 0.0581. The lowest BCUT2D eigenvalue weighted by Crippen LogP contribution is -2.06. The second-order valence-corrected chi connectivity index (χ2v) is 2.44. The van der Waals surface area contributed by atoms with Gasteiger partial charge in [0.1, 0.15) is 0 Å². The molecule has 0 amide bonds. The summed E-state index contributed by atoms with van der Waals surface area (Å²) in [6.45, 7) is 1.79. The molecule has 0 aliphatic heterocycles. The van der Waals surface area contributed by atoms with Gasteiger partial charge in [0, 0.05) is 0 Å². The number of hydrogen-bond donors (Lipinski definition) is 0. The molecular weight excluding hydrogens is 167 g/mol. The van der Waals surface area contributed by atoms with E-state index < -0.39 is 10.4 Å². The summed E-state index contributed by atoms with van der Waals surface area (Å²) in [6, 6.07) is 0. The van der Waals surface area contributed by atoms with Crippen molar-refractivity contribution in [2.45, 2.75) is 13.3 Å². The highest BCUT2D eigenvalue weighted by atomic mass is 32.3. The maximum atomic E-state index is 10.9. The van der Waals surface area contributed by atoms with E-state index in [1.165, 1.54) is 0 Å². The van der Waals surface area contributed by atoms with E-state index in [0.29, 0.717) is 6.42 Å². The summed E-state index contributed by atoms with van der Waals surface area (Å²) in [4.78, 5) is 3.99. The molecule has 0 aromatic rings. The van der Waals surface area contributed by atoms with Gasteiger partial charge in [-0.2, -0.15) is 8.42 Å². The summed E-state index contributed by atoms with van der Waals surface area (Å²) in [5.74, 6) is 0. The molecular formula is C3H7FO5S. The summed E-state index contributed by atoms with van der Waals surface area (Å²) >= 11 is 0. The van der Waals surface area contributed by atoms with Gasteiger partial charge in [-0.1, -0.05) is 11.3 Å². The molecule has 0 fully saturated rings. The molecule has 0 saturated heterocycles. The smallest absolute Gasteiger partial charge is 0.218 e. The van der Waals surface area contributed by atoms with Crippen LogP contribution in [0.2, 0.25) is 0 Å². The summed E-state index contributed by atoms with van der Waals surface area (Å²) in [6.07, 6.45) is 0.557. The van der Waals surface area contributed by atoms with Gasteiger partial charge in [0.25, 0.3) is 0 Å². The van der Waals surface area contributed by atoms with Gasteiger partial charge in [-0.25, -0.2) is 4.89 Å². The van der Waals surface area contributed by atoms with E-state index in [-0.39, 0.29) is 6.61 Å². The number of rotatable bonds is 5.